The van der Waals surface area contributed by atoms with Gasteiger partial charge in [-0.1, -0.05) is 6.92 Å². The van der Waals surface area contributed by atoms with E-state index in [1.54, 1.807) is 6.92 Å². The zero-order chi connectivity index (χ0) is 10.1. The highest BCUT2D eigenvalue weighted by Crippen LogP contribution is 2.01. The van der Waals surface area contributed by atoms with Gasteiger partial charge >= 0.3 is 0 Å². The van der Waals surface area contributed by atoms with Gasteiger partial charge in [0, 0.05) is 10.9 Å². The standard InChI is InChI=1S/C8H16O4S/c1-2-12-8(11)7-13(5-3-9)6-4-10/h7,9-10H,2-6H2,1H3/b8-7-. The second-order valence-corrected chi connectivity index (χ2v) is 4.39. The monoisotopic (exact) mass is 208 g/mol. The lowest BCUT2D eigenvalue weighted by atomic mass is 10.8. The maximum atomic E-state index is 11.0. The third kappa shape index (κ3) is 6.74. The van der Waals surface area contributed by atoms with E-state index in [1.165, 1.54) is 5.41 Å². The van der Waals surface area contributed by atoms with Crippen LogP contribution in [0.25, 0.3) is 0 Å². The number of hydrogen-bond donors (Lipinski definition) is 2. The fraction of sp³-hybridized carbons (Fsp3) is 0.750. The zero-order valence-corrected chi connectivity index (χ0v) is 8.55. The van der Waals surface area contributed by atoms with Crippen LogP contribution in [0.5, 0.6) is 0 Å². The normalized spacial score (nSPS) is 12.2. The minimum atomic E-state index is -0.368. The molecule has 5 heteroatoms. The Kier molecular flexibility index (Phi) is 7.97. The van der Waals surface area contributed by atoms with Crippen molar-refractivity contribution in [2.75, 3.05) is 31.3 Å². The molecule has 0 spiro atoms. The Morgan fingerprint density at radius 2 is 1.92 bits per heavy atom. The van der Waals surface area contributed by atoms with Gasteiger partial charge in [0.15, 0.2) is 0 Å². The Labute approximate surface area is 81.2 Å². The summed E-state index contributed by atoms with van der Waals surface area (Å²) in [6, 6.07) is 0. The van der Waals surface area contributed by atoms with Gasteiger partial charge in [-0.3, -0.25) is 0 Å². The lowest BCUT2D eigenvalue weighted by molar-refractivity contribution is -0.356. The Bertz CT molecular complexity index is 143. The third-order valence-electron chi connectivity index (χ3n) is 1.26. The predicted octanol–water partition coefficient (Wildman–Crippen LogP) is -1.21. The van der Waals surface area contributed by atoms with Crippen molar-refractivity contribution in [3.63, 3.8) is 0 Å². The molecule has 13 heavy (non-hydrogen) atoms. The van der Waals surface area contributed by atoms with Gasteiger partial charge in [0.2, 0.25) is 0 Å². The first kappa shape index (κ1) is 12.6. The molecular formula is C8H16O4S. The van der Waals surface area contributed by atoms with Crippen LogP contribution >= 0.6 is 0 Å². The molecule has 0 rings (SSSR count). The van der Waals surface area contributed by atoms with Crippen LogP contribution in [0.2, 0.25) is 0 Å². The van der Waals surface area contributed by atoms with Crippen molar-refractivity contribution in [2.45, 2.75) is 6.92 Å². The lowest BCUT2D eigenvalue weighted by Gasteiger charge is -2.11. The second-order valence-electron chi connectivity index (χ2n) is 2.26. The molecule has 0 bridgehead atoms. The van der Waals surface area contributed by atoms with E-state index >= 15 is 0 Å². The summed E-state index contributed by atoms with van der Waals surface area (Å²) in [4.78, 5) is 0. The molecule has 0 atom stereocenters. The van der Waals surface area contributed by atoms with E-state index < -0.39 is 0 Å². The Balaban J connectivity index is 3.96. The molecule has 0 saturated carbocycles. The van der Waals surface area contributed by atoms with Gasteiger partial charge < -0.3 is 20.1 Å². The second kappa shape index (κ2) is 8.22. The molecule has 78 valence electrons. The number of aliphatic hydroxyl groups is 2. The number of ether oxygens (including phenoxy) is 1. The molecule has 0 aromatic rings. The lowest BCUT2D eigenvalue weighted by Crippen LogP contribution is -2.18. The molecular weight excluding hydrogens is 192 g/mol. The summed E-state index contributed by atoms with van der Waals surface area (Å²) >= 11 is 0. The molecule has 0 aliphatic rings. The highest BCUT2D eigenvalue weighted by Gasteiger charge is 2.13. The van der Waals surface area contributed by atoms with Crippen LogP contribution < -0.4 is 5.11 Å². The smallest absolute Gasteiger partial charge is 0.141 e. The first-order valence-electron chi connectivity index (χ1n) is 4.14. The minimum Gasteiger partial charge on any atom is -0.611 e. The van der Waals surface area contributed by atoms with Gasteiger partial charge in [-0.25, -0.2) is 0 Å². The summed E-state index contributed by atoms with van der Waals surface area (Å²) < 4.78 is 4.71. The summed E-state index contributed by atoms with van der Waals surface area (Å²) in [6.45, 7) is 2.14. The molecule has 0 saturated heterocycles. The van der Waals surface area contributed by atoms with Gasteiger partial charge in [0.1, 0.15) is 22.9 Å². The van der Waals surface area contributed by atoms with E-state index in [4.69, 9.17) is 14.9 Å². The fourth-order valence-electron chi connectivity index (χ4n) is 0.767. The fourth-order valence-corrected chi connectivity index (χ4v) is 2.02. The van der Waals surface area contributed by atoms with Crippen molar-refractivity contribution in [2.24, 2.45) is 0 Å². The van der Waals surface area contributed by atoms with Crippen LogP contribution in [-0.2, 0) is 15.6 Å². The van der Waals surface area contributed by atoms with Crippen molar-refractivity contribution < 1.29 is 20.1 Å². The van der Waals surface area contributed by atoms with Crippen molar-refractivity contribution in [1.82, 2.24) is 0 Å². The van der Waals surface area contributed by atoms with Gasteiger partial charge in [-0.15, -0.1) is 0 Å². The number of hydrogen-bond acceptors (Lipinski definition) is 4. The minimum absolute atomic E-state index is 0.0268. The summed E-state index contributed by atoms with van der Waals surface area (Å²) in [5.41, 5.74) is 0. The van der Waals surface area contributed by atoms with Crippen LogP contribution in [-0.4, -0.2) is 41.5 Å². The molecule has 0 aliphatic carbocycles. The average molecular weight is 208 g/mol. The highest BCUT2D eigenvalue weighted by atomic mass is 32.2. The van der Waals surface area contributed by atoms with E-state index in [2.05, 4.69) is 0 Å². The van der Waals surface area contributed by atoms with Crippen molar-refractivity contribution in [1.29, 1.82) is 0 Å². The van der Waals surface area contributed by atoms with Crippen LogP contribution in [0.1, 0.15) is 6.92 Å². The van der Waals surface area contributed by atoms with E-state index in [1.807, 2.05) is 0 Å². The van der Waals surface area contributed by atoms with Crippen molar-refractivity contribution in [3.8, 4) is 0 Å². The first-order chi connectivity index (χ1) is 6.24. The topological polar surface area (TPSA) is 72.8 Å². The van der Waals surface area contributed by atoms with Gasteiger partial charge in [-0.2, -0.15) is 0 Å². The van der Waals surface area contributed by atoms with E-state index in [0.29, 0.717) is 18.1 Å². The molecule has 0 radical (unpaired) electrons. The highest BCUT2D eigenvalue weighted by molar-refractivity contribution is 7.99. The van der Waals surface area contributed by atoms with Gasteiger partial charge in [0.25, 0.3) is 0 Å². The third-order valence-corrected chi connectivity index (χ3v) is 3.20. The molecule has 4 nitrogen and oxygen atoms in total. The van der Waals surface area contributed by atoms with Crippen LogP contribution in [0, 0.1) is 0 Å². The maximum absolute atomic E-state index is 11.0. The maximum Gasteiger partial charge on any atom is 0.141 e. The van der Waals surface area contributed by atoms with Crippen molar-refractivity contribution >= 4 is 10.9 Å². The van der Waals surface area contributed by atoms with Gasteiger partial charge in [-0.05, 0) is 6.61 Å². The van der Waals surface area contributed by atoms with E-state index in [-0.39, 0.29) is 30.1 Å². The SMILES string of the molecule is CCO/C([O-])=C\[S+](CCO)CCO. The van der Waals surface area contributed by atoms with Crippen LogP contribution in [0.15, 0.2) is 11.4 Å². The summed E-state index contributed by atoms with van der Waals surface area (Å²) in [5, 5.41) is 29.7. The molecule has 0 fully saturated rings. The Morgan fingerprint density at radius 1 is 1.38 bits per heavy atom. The summed E-state index contributed by atoms with van der Waals surface area (Å²) in [5.74, 6) is 0.659. The molecule has 0 amide bonds. The van der Waals surface area contributed by atoms with Gasteiger partial charge in [0.05, 0.1) is 13.2 Å². The quantitative estimate of drug-likeness (QED) is 0.406. The summed E-state index contributed by atoms with van der Waals surface area (Å²) in [6.07, 6.45) is 0. The van der Waals surface area contributed by atoms with Crippen LogP contribution in [0.4, 0.5) is 0 Å². The Morgan fingerprint density at radius 3 is 2.31 bits per heavy atom. The van der Waals surface area contributed by atoms with E-state index in [0.717, 1.165) is 0 Å². The number of aliphatic hydroxyl groups excluding tert-OH is 2. The molecule has 2 N–H and O–H groups in total. The van der Waals surface area contributed by atoms with Crippen LogP contribution in [0.3, 0.4) is 0 Å². The van der Waals surface area contributed by atoms with Crippen molar-refractivity contribution in [3.05, 3.63) is 11.4 Å². The van der Waals surface area contributed by atoms with E-state index in [9.17, 15) is 5.11 Å². The largest absolute Gasteiger partial charge is 0.611 e. The number of rotatable bonds is 7. The Hall–Kier alpha value is -0.390. The molecule has 0 aliphatic heterocycles. The first-order valence-corrected chi connectivity index (χ1v) is 5.76. The predicted molar refractivity (Wildman–Crippen MR) is 51.0 cm³/mol. The molecule has 0 aromatic heterocycles. The zero-order valence-electron chi connectivity index (χ0n) is 7.73. The average Bonchev–Trinajstić information content (AvgIpc) is 2.05. The molecule has 0 aromatic carbocycles. The summed E-state index contributed by atoms with van der Waals surface area (Å²) in [7, 11) is -0.356. The molecule has 0 heterocycles. The molecule has 0 unspecified atom stereocenters.